The SMILES string of the molecule is O=C(COCCOc1ccccc1)NC[C@@H]1CCN(c2ccccc2)C1. The van der Waals surface area contributed by atoms with Crippen LogP contribution in [0.2, 0.25) is 0 Å². The molecule has 1 aliphatic heterocycles. The Morgan fingerprint density at radius 3 is 2.54 bits per heavy atom. The number of anilines is 1. The van der Waals surface area contributed by atoms with Crippen LogP contribution in [0.15, 0.2) is 60.7 Å². The molecule has 1 saturated heterocycles. The summed E-state index contributed by atoms with van der Waals surface area (Å²) in [5.41, 5.74) is 1.25. The predicted octanol–water partition coefficient (Wildman–Crippen LogP) is 2.72. The molecular weight excluding hydrogens is 328 g/mol. The molecule has 0 radical (unpaired) electrons. The molecule has 0 spiro atoms. The first-order valence-corrected chi connectivity index (χ1v) is 9.13. The molecule has 0 aliphatic carbocycles. The molecule has 1 amide bonds. The average molecular weight is 354 g/mol. The van der Waals surface area contributed by atoms with E-state index in [1.807, 2.05) is 36.4 Å². The molecule has 1 N–H and O–H groups in total. The summed E-state index contributed by atoms with van der Waals surface area (Å²) in [5, 5.41) is 2.97. The predicted molar refractivity (Wildman–Crippen MR) is 103 cm³/mol. The molecule has 138 valence electrons. The summed E-state index contributed by atoms with van der Waals surface area (Å²) in [6.07, 6.45) is 1.10. The lowest BCUT2D eigenvalue weighted by atomic mass is 10.1. The van der Waals surface area contributed by atoms with Crippen LogP contribution in [0.25, 0.3) is 0 Å². The van der Waals surface area contributed by atoms with Gasteiger partial charge in [-0.2, -0.15) is 0 Å². The minimum absolute atomic E-state index is 0.0668. The van der Waals surface area contributed by atoms with Crippen LogP contribution in [0.3, 0.4) is 0 Å². The molecular formula is C21H26N2O3. The van der Waals surface area contributed by atoms with Gasteiger partial charge in [0.2, 0.25) is 5.91 Å². The Bertz CT molecular complexity index is 663. The Morgan fingerprint density at radius 2 is 1.77 bits per heavy atom. The van der Waals surface area contributed by atoms with Crippen molar-refractivity contribution in [2.75, 3.05) is 44.4 Å². The van der Waals surface area contributed by atoms with Crippen LogP contribution in [0.5, 0.6) is 5.75 Å². The van der Waals surface area contributed by atoms with E-state index in [4.69, 9.17) is 9.47 Å². The van der Waals surface area contributed by atoms with E-state index in [1.165, 1.54) is 5.69 Å². The number of benzene rings is 2. The average Bonchev–Trinajstić information content (AvgIpc) is 3.17. The maximum absolute atomic E-state index is 11.9. The maximum atomic E-state index is 11.9. The number of carbonyl (C=O) groups excluding carboxylic acids is 1. The summed E-state index contributed by atoms with van der Waals surface area (Å²) in [4.78, 5) is 14.3. The zero-order chi connectivity index (χ0) is 18.0. The standard InChI is InChI=1S/C21H26N2O3/c24-21(17-25-13-14-26-20-9-5-2-6-10-20)22-15-18-11-12-23(16-18)19-7-3-1-4-8-19/h1-10,18H,11-17H2,(H,22,24)/t18-/m0/s1. The molecule has 5 nitrogen and oxygen atoms in total. The van der Waals surface area contributed by atoms with Crippen LogP contribution in [0.1, 0.15) is 6.42 Å². The van der Waals surface area contributed by atoms with Crippen LogP contribution in [0, 0.1) is 5.92 Å². The third kappa shape index (κ3) is 5.77. The molecule has 0 unspecified atom stereocenters. The second-order valence-corrected chi connectivity index (χ2v) is 6.45. The van der Waals surface area contributed by atoms with Gasteiger partial charge in [0.1, 0.15) is 19.0 Å². The lowest BCUT2D eigenvalue weighted by Crippen LogP contribution is -2.33. The van der Waals surface area contributed by atoms with Gasteiger partial charge in [-0.1, -0.05) is 36.4 Å². The van der Waals surface area contributed by atoms with Crippen molar-refractivity contribution >= 4 is 11.6 Å². The molecule has 0 saturated carbocycles. The first kappa shape index (κ1) is 18.3. The van der Waals surface area contributed by atoms with Gasteiger partial charge < -0.3 is 19.7 Å². The number of carbonyl (C=O) groups is 1. The monoisotopic (exact) mass is 354 g/mol. The molecule has 0 bridgehead atoms. The normalized spacial score (nSPS) is 16.5. The van der Waals surface area contributed by atoms with Crippen molar-refractivity contribution in [3.05, 3.63) is 60.7 Å². The van der Waals surface area contributed by atoms with Crippen LogP contribution in [-0.4, -0.2) is 45.4 Å². The lowest BCUT2D eigenvalue weighted by Gasteiger charge is -2.18. The largest absolute Gasteiger partial charge is 0.491 e. The van der Waals surface area contributed by atoms with E-state index in [1.54, 1.807) is 0 Å². The zero-order valence-electron chi connectivity index (χ0n) is 15.0. The van der Waals surface area contributed by atoms with Crippen molar-refractivity contribution in [2.45, 2.75) is 6.42 Å². The Hall–Kier alpha value is -2.53. The highest BCUT2D eigenvalue weighted by Gasteiger charge is 2.22. The van der Waals surface area contributed by atoms with Crippen LogP contribution >= 0.6 is 0 Å². The van der Waals surface area contributed by atoms with Gasteiger partial charge >= 0.3 is 0 Å². The summed E-state index contributed by atoms with van der Waals surface area (Å²) < 4.78 is 10.9. The van der Waals surface area contributed by atoms with Crippen LogP contribution in [-0.2, 0) is 9.53 Å². The lowest BCUT2D eigenvalue weighted by molar-refractivity contribution is -0.126. The highest BCUT2D eigenvalue weighted by atomic mass is 16.5. The van der Waals surface area contributed by atoms with Gasteiger partial charge in [-0.15, -0.1) is 0 Å². The first-order valence-electron chi connectivity index (χ1n) is 9.13. The summed E-state index contributed by atoms with van der Waals surface area (Å²) in [5.74, 6) is 1.23. The van der Waals surface area contributed by atoms with E-state index >= 15 is 0 Å². The number of amides is 1. The maximum Gasteiger partial charge on any atom is 0.246 e. The molecule has 26 heavy (non-hydrogen) atoms. The van der Waals surface area contributed by atoms with Crippen LogP contribution in [0.4, 0.5) is 5.69 Å². The number of nitrogens with one attached hydrogen (secondary N) is 1. The van der Waals surface area contributed by atoms with Gasteiger partial charge in [-0.25, -0.2) is 0 Å². The smallest absolute Gasteiger partial charge is 0.246 e. The van der Waals surface area contributed by atoms with Crippen LogP contribution < -0.4 is 15.0 Å². The minimum Gasteiger partial charge on any atom is -0.491 e. The van der Waals surface area contributed by atoms with E-state index in [9.17, 15) is 4.79 Å². The number of rotatable bonds is 9. The van der Waals surface area contributed by atoms with Crippen molar-refractivity contribution in [1.82, 2.24) is 5.32 Å². The Labute approximate surface area is 154 Å². The minimum atomic E-state index is -0.0668. The number of hydrogen-bond donors (Lipinski definition) is 1. The Morgan fingerprint density at radius 1 is 1.04 bits per heavy atom. The molecule has 5 heteroatoms. The summed E-state index contributed by atoms with van der Waals surface area (Å²) in [6.45, 7) is 3.63. The fourth-order valence-corrected chi connectivity index (χ4v) is 3.08. The molecule has 1 fully saturated rings. The quantitative estimate of drug-likeness (QED) is 0.704. The third-order valence-electron chi connectivity index (χ3n) is 4.47. The Kier molecular flexibility index (Phi) is 6.90. The first-order chi connectivity index (χ1) is 12.8. The summed E-state index contributed by atoms with van der Waals surface area (Å²) in [6, 6.07) is 20.0. The highest BCUT2D eigenvalue weighted by Crippen LogP contribution is 2.22. The van der Waals surface area contributed by atoms with Crippen molar-refractivity contribution in [2.24, 2.45) is 5.92 Å². The van der Waals surface area contributed by atoms with Crippen molar-refractivity contribution in [3.63, 3.8) is 0 Å². The second kappa shape index (κ2) is 9.82. The van der Waals surface area contributed by atoms with Crippen molar-refractivity contribution in [3.8, 4) is 5.75 Å². The van der Waals surface area contributed by atoms with E-state index in [0.29, 0.717) is 25.7 Å². The second-order valence-electron chi connectivity index (χ2n) is 6.45. The van der Waals surface area contributed by atoms with E-state index in [2.05, 4.69) is 34.5 Å². The van der Waals surface area contributed by atoms with Crippen molar-refractivity contribution in [1.29, 1.82) is 0 Å². The fraction of sp³-hybridized carbons (Fsp3) is 0.381. The fourth-order valence-electron chi connectivity index (χ4n) is 3.08. The number of para-hydroxylation sites is 2. The molecule has 0 aromatic heterocycles. The number of ether oxygens (including phenoxy) is 2. The summed E-state index contributed by atoms with van der Waals surface area (Å²) >= 11 is 0. The van der Waals surface area contributed by atoms with Gasteiger partial charge in [0.05, 0.1) is 6.61 Å². The van der Waals surface area contributed by atoms with E-state index in [-0.39, 0.29) is 12.5 Å². The number of hydrogen-bond acceptors (Lipinski definition) is 4. The summed E-state index contributed by atoms with van der Waals surface area (Å²) in [7, 11) is 0. The molecule has 1 aliphatic rings. The molecule has 3 rings (SSSR count). The Balaban J connectivity index is 1.25. The van der Waals surface area contributed by atoms with Crippen molar-refractivity contribution < 1.29 is 14.3 Å². The van der Waals surface area contributed by atoms with E-state index in [0.717, 1.165) is 25.3 Å². The number of nitrogens with zero attached hydrogens (tertiary/aromatic N) is 1. The van der Waals surface area contributed by atoms with Gasteiger partial charge in [-0.05, 0) is 36.6 Å². The zero-order valence-corrected chi connectivity index (χ0v) is 15.0. The van der Waals surface area contributed by atoms with Gasteiger partial charge in [-0.3, -0.25) is 4.79 Å². The highest BCUT2D eigenvalue weighted by molar-refractivity contribution is 5.77. The molecule has 1 atom stereocenters. The van der Waals surface area contributed by atoms with Gasteiger partial charge in [0.25, 0.3) is 0 Å². The molecule has 2 aromatic rings. The van der Waals surface area contributed by atoms with Gasteiger partial charge in [0, 0.05) is 25.3 Å². The molecule has 1 heterocycles. The van der Waals surface area contributed by atoms with E-state index < -0.39 is 0 Å². The third-order valence-corrected chi connectivity index (χ3v) is 4.47. The molecule has 2 aromatic carbocycles. The van der Waals surface area contributed by atoms with Gasteiger partial charge in [0.15, 0.2) is 0 Å². The topological polar surface area (TPSA) is 50.8 Å².